The second kappa shape index (κ2) is 11.4. The Bertz CT molecular complexity index is 1400. The molecule has 208 valence electrons. The average molecular weight is 538 g/mol. The molecule has 0 saturated carbocycles. The van der Waals surface area contributed by atoms with Crippen molar-refractivity contribution in [3.63, 3.8) is 0 Å². The van der Waals surface area contributed by atoms with Crippen molar-refractivity contribution in [1.29, 1.82) is 0 Å². The molecule has 1 N–H and O–H groups in total. The molecule has 2 aromatic heterocycles. The maximum atomic E-state index is 15.3. The van der Waals surface area contributed by atoms with Gasteiger partial charge in [0.05, 0.1) is 18.7 Å². The molecule has 0 bridgehead atoms. The molecule has 0 radical (unpaired) electrons. The second-order valence-electron chi connectivity index (χ2n) is 12.1. The highest BCUT2D eigenvalue weighted by atomic mass is 19.1. The molecule has 0 fully saturated rings. The van der Waals surface area contributed by atoms with E-state index in [4.69, 9.17) is 15.8 Å². The molecule has 0 aliphatic carbocycles. The van der Waals surface area contributed by atoms with Crippen molar-refractivity contribution < 1.29 is 23.2 Å². The second-order valence-corrected chi connectivity index (χ2v) is 12.1. The number of hydrogen-bond acceptors (Lipinski definition) is 6. The number of ether oxygens (including phenoxy) is 1. The number of Topliss-reactive ketones (excluding diaryl/α,β-unsaturated/α-hetero) is 1. The van der Waals surface area contributed by atoms with Gasteiger partial charge in [0.15, 0.2) is 0 Å². The zero-order valence-corrected chi connectivity index (χ0v) is 23.8. The zero-order chi connectivity index (χ0) is 29.1. The predicted octanol–water partition coefficient (Wildman–Crippen LogP) is 7.10. The van der Waals surface area contributed by atoms with Crippen LogP contribution in [0.5, 0.6) is 0 Å². The first-order valence-corrected chi connectivity index (χ1v) is 12.8. The van der Waals surface area contributed by atoms with E-state index in [-0.39, 0.29) is 52.8 Å². The fourth-order valence-corrected chi connectivity index (χ4v) is 4.01. The van der Waals surface area contributed by atoms with Gasteiger partial charge in [-0.25, -0.2) is 14.0 Å². The van der Waals surface area contributed by atoms with Crippen LogP contribution in [-0.2, 0) is 28.8 Å². The summed E-state index contributed by atoms with van der Waals surface area (Å²) in [5.41, 5.74) is 0.748. The summed E-state index contributed by atoms with van der Waals surface area (Å²) in [6.45, 7) is 22.8. The van der Waals surface area contributed by atoms with Gasteiger partial charge in [-0.15, -0.1) is 0 Å². The van der Waals surface area contributed by atoms with E-state index in [1.54, 1.807) is 32.9 Å². The van der Waals surface area contributed by atoms with Crippen LogP contribution in [0.3, 0.4) is 0 Å². The van der Waals surface area contributed by atoms with Crippen molar-refractivity contribution in [3.05, 3.63) is 58.5 Å². The molecule has 1 amide bonds. The number of hydrogen-bond donors (Lipinski definition) is 1. The molecule has 0 aliphatic heterocycles. The molecule has 3 rings (SSSR count). The molecule has 2 heterocycles. The number of aromatic nitrogens is 3. The van der Waals surface area contributed by atoms with Crippen molar-refractivity contribution in [1.82, 2.24) is 14.9 Å². The summed E-state index contributed by atoms with van der Waals surface area (Å²) in [4.78, 5) is 28.6. The highest BCUT2D eigenvalue weighted by Crippen LogP contribution is 2.39. The molecule has 0 unspecified atom stereocenters. The van der Waals surface area contributed by atoms with E-state index in [1.165, 1.54) is 16.8 Å². The minimum Gasteiger partial charge on any atom is -0.444 e. The largest absolute Gasteiger partial charge is 0.444 e. The first kappa shape index (κ1) is 29.6. The molecule has 0 atom stereocenters. The Morgan fingerprint density at radius 2 is 1.85 bits per heavy atom. The average Bonchev–Trinajstić information content (AvgIpc) is 3.34. The fraction of sp³-hybridized carbons (Fsp3) is 0.483. The zero-order valence-electron chi connectivity index (χ0n) is 23.8. The normalized spacial score (nSPS) is 11.9. The number of nitrogens with one attached hydrogen (secondary N) is 1. The lowest BCUT2D eigenvalue weighted by Gasteiger charge is -2.20. The number of carbonyl (C=O) groups is 2. The van der Waals surface area contributed by atoms with E-state index in [2.05, 4.69) is 41.2 Å². The number of amides is 1. The van der Waals surface area contributed by atoms with Crippen molar-refractivity contribution >= 4 is 23.4 Å². The third kappa shape index (κ3) is 7.99. The van der Waals surface area contributed by atoms with Gasteiger partial charge >= 0.3 is 6.09 Å². The smallest absolute Gasteiger partial charge is 0.412 e. The summed E-state index contributed by atoms with van der Waals surface area (Å²) in [6, 6.07) is 5.94. The molecule has 0 spiro atoms. The minimum atomic E-state index is -0.743. The minimum absolute atomic E-state index is 0.00586. The fourth-order valence-electron chi connectivity index (χ4n) is 4.01. The van der Waals surface area contributed by atoms with Crippen molar-refractivity contribution in [2.45, 2.75) is 86.3 Å². The Kier molecular flexibility index (Phi) is 8.64. The van der Waals surface area contributed by atoms with Crippen LogP contribution in [0.2, 0.25) is 0 Å². The highest BCUT2D eigenvalue weighted by Gasteiger charge is 2.26. The van der Waals surface area contributed by atoms with E-state index in [1.807, 2.05) is 13.8 Å². The number of nitrogens with zero attached hydrogens (tertiary/aromatic N) is 4. The summed E-state index contributed by atoms with van der Waals surface area (Å²) in [6.07, 6.45) is 0.0490. The molecule has 1 aromatic carbocycles. The number of rotatable bonds is 8. The maximum absolute atomic E-state index is 15.3. The molecule has 39 heavy (non-hydrogen) atoms. The lowest BCUT2D eigenvalue weighted by molar-refractivity contribution is -0.118. The lowest BCUT2D eigenvalue weighted by atomic mass is 9.90. The van der Waals surface area contributed by atoms with E-state index in [0.717, 1.165) is 12.1 Å². The Balaban J connectivity index is 1.81. The lowest BCUT2D eigenvalue weighted by Crippen LogP contribution is -2.28. The van der Waals surface area contributed by atoms with Gasteiger partial charge in [0.1, 0.15) is 34.5 Å². The van der Waals surface area contributed by atoms with Gasteiger partial charge in [-0.2, -0.15) is 5.10 Å². The van der Waals surface area contributed by atoms with Crippen LogP contribution in [0, 0.1) is 17.8 Å². The van der Waals surface area contributed by atoms with E-state index in [9.17, 15) is 9.59 Å². The summed E-state index contributed by atoms with van der Waals surface area (Å²) >= 11 is 0. The molecule has 9 nitrogen and oxygen atoms in total. The van der Waals surface area contributed by atoms with Crippen LogP contribution in [0.15, 0.2) is 28.8 Å². The summed E-state index contributed by atoms with van der Waals surface area (Å²) < 4.78 is 27.4. The first-order chi connectivity index (χ1) is 18.1. The molecule has 3 aromatic rings. The predicted molar refractivity (Wildman–Crippen MR) is 146 cm³/mol. The van der Waals surface area contributed by atoms with Gasteiger partial charge in [-0.1, -0.05) is 38.1 Å². The van der Waals surface area contributed by atoms with E-state index >= 15 is 4.39 Å². The van der Waals surface area contributed by atoms with Gasteiger partial charge in [0.2, 0.25) is 0 Å². The SMILES string of the molecule is [C-]#[N+]c1c(-c2ccc(CC(=O)Cc3cc(CC(C)(C)C)no3)cc2F)nn(C(C)C)c1NC(=O)OC(C)(C)C. The van der Waals surface area contributed by atoms with Crippen LogP contribution < -0.4 is 5.32 Å². The van der Waals surface area contributed by atoms with Crippen LogP contribution in [0.1, 0.15) is 78.4 Å². The van der Waals surface area contributed by atoms with Gasteiger partial charge in [-0.05, 0) is 58.1 Å². The molecule has 10 heteroatoms. The van der Waals surface area contributed by atoms with E-state index in [0.29, 0.717) is 11.3 Å². The third-order valence-corrected chi connectivity index (χ3v) is 5.49. The molecular formula is C29H36FN5O4. The molecular weight excluding hydrogens is 501 g/mol. The van der Waals surface area contributed by atoms with Crippen LogP contribution in [0.25, 0.3) is 16.1 Å². The van der Waals surface area contributed by atoms with Crippen molar-refractivity contribution in [3.8, 4) is 11.3 Å². The summed E-state index contributed by atoms with van der Waals surface area (Å²) in [7, 11) is 0. The number of benzene rings is 1. The van der Waals surface area contributed by atoms with Gasteiger partial charge in [0, 0.05) is 24.1 Å². The maximum Gasteiger partial charge on any atom is 0.412 e. The topological polar surface area (TPSA) is 104 Å². The number of carbonyl (C=O) groups excluding carboxylic acids is 2. The van der Waals surface area contributed by atoms with Crippen LogP contribution in [0.4, 0.5) is 20.7 Å². The van der Waals surface area contributed by atoms with Crippen LogP contribution >= 0.6 is 0 Å². The Labute approximate surface area is 228 Å². The summed E-state index contributed by atoms with van der Waals surface area (Å²) in [5.74, 6) is -0.173. The van der Waals surface area contributed by atoms with Gasteiger partial charge in [-0.3, -0.25) is 14.8 Å². The van der Waals surface area contributed by atoms with Crippen molar-refractivity contribution in [2.75, 3.05) is 5.32 Å². The Morgan fingerprint density at radius 3 is 2.41 bits per heavy atom. The number of anilines is 1. The molecule has 0 aliphatic rings. The van der Waals surface area contributed by atoms with Gasteiger partial charge in [0.25, 0.3) is 5.69 Å². The van der Waals surface area contributed by atoms with Crippen molar-refractivity contribution in [2.24, 2.45) is 5.41 Å². The Morgan fingerprint density at radius 1 is 1.15 bits per heavy atom. The van der Waals surface area contributed by atoms with Gasteiger partial charge < -0.3 is 9.26 Å². The molecule has 0 saturated heterocycles. The monoisotopic (exact) mass is 537 g/mol. The highest BCUT2D eigenvalue weighted by molar-refractivity contribution is 5.93. The standard InChI is InChI=1S/C29H36FN5O4/c1-17(2)35-26(32-27(37)38-29(6,7)8)25(31-9)24(33-35)22-11-10-18(13-23(22)30)12-20(36)15-21-14-19(34-39-21)16-28(3,4)5/h10-11,13-14,17H,12,15-16H2,1-8H3,(H,32,37). The first-order valence-electron chi connectivity index (χ1n) is 12.8. The third-order valence-electron chi connectivity index (χ3n) is 5.49. The van der Waals surface area contributed by atoms with Crippen LogP contribution in [-0.4, -0.2) is 32.4 Å². The number of ketones is 1. The summed E-state index contributed by atoms with van der Waals surface area (Å²) in [5, 5.41) is 11.1. The van der Waals surface area contributed by atoms with E-state index < -0.39 is 17.5 Å². The number of halogens is 1. The quantitative estimate of drug-likeness (QED) is 0.307. The Hall–Kier alpha value is -4.00.